The number of hydrogen-bond acceptors (Lipinski definition) is 5. The van der Waals surface area contributed by atoms with Crippen molar-refractivity contribution in [2.24, 2.45) is 5.73 Å². The fourth-order valence-corrected chi connectivity index (χ4v) is 2.14. The SMILES string of the molecule is COC(=O)c1cccnc1N(CCN)Cc1ccccc1. The highest BCUT2D eigenvalue weighted by atomic mass is 16.5. The Morgan fingerprint density at radius 1 is 1.24 bits per heavy atom. The van der Waals surface area contributed by atoms with Gasteiger partial charge in [-0.1, -0.05) is 30.3 Å². The van der Waals surface area contributed by atoms with Crippen molar-refractivity contribution in [1.82, 2.24) is 4.98 Å². The van der Waals surface area contributed by atoms with Gasteiger partial charge >= 0.3 is 5.97 Å². The first kappa shape index (κ1) is 15.0. The number of rotatable bonds is 6. The lowest BCUT2D eigenvalue weighted by molar-refractivity contribution is 0.0601. The van der Waals surface area contributed by atoms with Gasteiger partial charge in [-0.3, -0.25) is 0 Å². The molecule has 0 bridgehead atoms. The summed E-state index contributed by atoms with van der Waals surface area (Å²) in [6, 6.07) is 13.4. The second kappa shape index (κ2) is 7.40. The normalized spacial score (nSPS) is 10.2. The number of esters is 1. The molecule has 5 heteroatoms. The van der Waals surface area contributed by atoms with Gasteiger partial charge in [0.1, 0.15) is 11.4 Å². The fourth-order valence-electron chi connectivity index (χ4n) is 2.14. The van der Waals surface area contributed by atoms with Crippen LogP contribution in [0.4, 0.5) is 5.82 Å². The van der Waals surface area contributed by atoms with Crippen LogP contribution in [0, 0.1) is 0 Å². The fraction of sp³-hybridized carbons (Fsp3) is 0.250. The van der Waals surface area contributed by atoms with Crippen molar-refractivity contribution in [2.75, 3.05) is 25.1 Å². The van der Waals surface area contributed by atoms with Crippen molar-refractivity contribution in [3.8, 4) is 0 Å². The van der Waals surface area contributed by atoms with Gasteiger partial charge in [-0.15, -0.1) is 0 Å². The molecule has 0 amide bonds. The summed E-state index contributed by atoms with van der Waals surface area (Å²) >= 11 is 0. The van der Waals surface area contributed by atoms with Gasteiger partial charge in [0.2, 0.25) is 0 Å². The molecule has 0 aliphatic carbocycles. The predicted octanol–water partition coefficient (Wildman–Crippen LogP) is 1.83. The second-order valence-electron chi connectivity index (χ2n) is 4.56. The summed E-state index contributed by atoms with van der Waals surface area (Å²) in [5.74, 6) is 0.201. The minimum Gasteiger partial charge on any atom is -0.465 e. The summed E-state index contributed by atoms with van der Waals surface area (Å²) in [5.41, 5.74) is 7.27. The van der Waals surface area contributed by atoms with Crippen LogP contribution in [0.2, 0.25) is 0 Å². The zero-order chi connectivity index (χ0) is 15.1. The number of ether oxygens (including phenoxy) is 1. The summed E-state index contributed by atoms with van der Waals surface area (Å²) in [5, 5.41) is 0. The van der Waals surface area contributed by atoms with E-state index < -0.39 is 5.97 Å². The first-order chi connectivity index (χ1) is 10.3. The monoisotopic (exact) mass is 285 g/mol. The number of nitrogens with two attached hydrogens (primary N) is 1. The largest absolute Gasteiger partial charge is 0.465 e. The molecule has 0 unspecified atom stereocenters. The van der Waals surface area contributed by atoms with Gasteiger partial charge in [0.25, 0.3) is 0 Å². The van der Waals surface area contributed by atoms with Crippen LogP contribution in [0.3, 0.4) is 0 Å². The molecule has 0 saturated carbocycles. The lowest BCUT2D eigenvalue weighted by atomic mass is 10.2. The molecule has 21 heavy (non-hydrogen) atoms. The smallest absolute Gasteiger partial charge is 0.341 e. The molecule has 0 saturated heterocycles. The van der Waals surface area contributed by atoms with E-state index in [9.17, 15) is 4.79 Å². The van der Waals surface area contributed by atoms with E-state index in [4.69, 9.17) is 10.5 Å². The number of anilines is 1. The van der Waals surface area contributed by atoms with E-state index in [-0.39, 0.29) is 0 Å². The highest BCUT2D eigenvalue weighted by molar-refractivity contribution is 5.94. The lowest BCUT2D eigenvalue weighted by Gasteiger charge is -2.24. The van der Waals surface area contributed by atoms with Crippen LogP contribution in [0.5, 0.6) is 0 Å². The number of carbonyl (C=O) groups excluding carboxylic acids is 1. The van der Waals surface area contributed by atoms with Gasteiger partial charge in [0.05, 0.1) is 7.11 Å². The minimum absolute atomic E-state index is 0.395. The third-order valence-electron chi connectivity index (χ3n) is 3.11. The second-order valence-corrected chi connectivity index (χ2v) is 4.56. The van der Waals surface area contributed by atoms with Crippen LogP contribution >= 0.6 is 0 Å². The number of hydrogen-bond donors (Lipinski definition) is 1. The quantitative estimate of drug-likeness (QED) is 0.820. The van der Waals surface area contributed by atoms with Crippen LogP contribution in [0.25, 0.3) is 0 Å². The highest BCUT2D eigenvalue weighted by Gasteiger charge is 2.18. The molecule has 2 N–H and O–H groups in total. The molecule has 5 nitrogen and oxygen atoms in total. The first-order valence-electron chi connectivity index (χ1n) is 6.78. The maximum Gasteiger partial charge on any atom is 0.341 e. The van der Waals surface area contributed by atoms with Crippen molar-refractivity contribution in [1.29, 1.82) is 0 Å². The average molecular weight is 285 g/mol. The lowest BCUT2D eigenvalue weighted by Crippen LogP contribution is -2.31. The Kier molecular flexibility index (Phi) is 5.29. The van der Waals surface area contributed by atoms with Crippen LogP contribution < -0.4 is 10.6 Å². The third kappa shape index (κ3) is 3.79. The molecule has 0 spiro atoms. The molecular formula is C16H19N3O2. The van der Waals surface area contributed by atoms with E-state index in [0.717, 1.165) is 5.56 Å². The predicted molar refractivity (Wildman–Crippen MR) is 82.1 cm³/mol. The number of pyridine rings is 1. The van der Waals surface area contributed by atoms with Crippen molar-refractivity contribution < 1.29 is 9.53 Å². The Morgan fingerprint density at radius 3 is 2.67 bits per heavy atom. The standard InChI is InChI=1S/C16H19N3O2/c1-21-16(20)14-8-5-10-18-15(14)19(11-9-17)12-13-6-3-2-4-7-13/h2-8,10H,9,11-12,17H2,1H3. The van der Waals surface area contributed by atoms with Gasteiger partial charge in [-0.2, -0.15) is 0 Å². The summed E-state index contributed by atoms with van der Waals surface area (Å²) in [4.78, 5) is 18.2. The van der Waals surface area contributed by atoms with Gasteiger partial charge in [0, 0.05) is 25.8 Å². The molecule has 1 aromatic carbocycles. The molecule has 110 valence electrons. The Morgan fingerprint density at radius 2 is 2.00 bits per heavy atom. The maximum atomic E-state index is 11.9. The van der Waals surface area contributed by atoms with Gasteiger partial charge in [-0.25, -0.2) is 9.78 Å². The molecule has 2 aromatic rings. The molecule has 0 aliphatic rings. The van der Waals surface area contributed by atoms with E-state index in [1.54, 1.807) is 18.3 Å². The van der Waals surface area contributed by atoms with Crippen molar-refractivity contribution in [3.05, 3.63) is 59.8 Å². The van der Waals surface area contributed by atoms with Crippen molar-refractivity contribution in [2.45, 2.75) is 6.54 Å². The van der Waals surface area contributed by atoms with E-state index in [2.05, 4.69) is 4.98 Å². The maximum absolute atomic E-state index is 11.9. The Bertz CT molecular complexity index is 587. The zero-order valence-electron chi connectivity index (χ0n) is 12.0. The molecule has 0 aliphatic heterocycles. The molecule has 1 heterocycles. The number of nitrogens with zero attached hydrogens (tertiary/aromatic N) is 2. The molecule has 0 radical (unpaired) electrons. The van der Waals surface area contributed by atoms with Gasteiger partial charge < -0.3 is 15.4 Å². The third-order valence-corrected chi connectivity index (χ3v) is 3.11. The van der Waals surface area contributed by atoms with Crippen LogP contribution in [-0.4, -0.2) is 31.2 Å². The Labute approximate surface area is 124 Å². The molecule has 0 atom stereocenters. The van der Waals surface area contributed by atoms with E-state index in [1.807, 2.05) is 35.2 Å². The first-order valence-corrected chi connectivity index (χ1v) is 6.78. The van der Waals surface area contributed by atoms with E-state index >= 15 is 0 Å². The topological polar surface area (TPSA) is 68.5 Å². The molecule has 0 fully saturated rings. The molecule has 2 rings (SSSR count). The number of carbonyl (C=O) groups is 1. The molecule has 1 aromatic heterocycles. The van der Waals surface area contributed by atoms with Gasteiger partial charge in [0.15, 0.2) is 0 Å². The Balaban J connectivity index is 2.32. The number of aromatic nitrogens is 1. The summed E-state index contributed by atoms with van der Waals surface area (Å²) in [6.45, 7) is 1.72. The Hall–Kier alpha value is -2.40. The summed E-state index contributed by atoms with van der Waals surface area (Å²) < 4.78 is 4.82. The van der Waals surface area contributed by atoms with Crippen LogP contribution in [-0.2, 0) is 11.3 Å². The van der Waals surface area contributed by atoms with Crippen molar-refractivity contribution >= 4 is 11.8 Å². The zero-order valence-corrected chi connectivity index (χ0v) is 12.0. The highest BCUT2D eigenvalue weighted by Crippen LogP contribution is 2.20. The number of methoxy groups -OCH3 is 1. The van der Waals surface area contributed by atoms with E-state index in [0.29, 0.717) is 31.0 Å². The summed E-state index contributed by atoms with van der Waals surface area (Å²) in [7, 11) is 1.36. The van der Waals surface area contributed by atoms with Crippen LogP contribution in [0.15, 0.2) is 48.7 Å². The average Bonchev–Trinajstić information content (AvgIpc) is 2.55. The number of benzene rings is 1. The minimum atomic E-state index is -0.395. The van der Waals surface area contributed by atoms with Crippen LogP contribution in [0.1, 0.15) is 15.9 Å². The van der Waals surface area contributed by atoms with E-state index in [1.165, 1.54) is 7.11 Å². The molecular weight excluding hydrogens is 266 g/mol. The van der Waals surface area contributed by atoms with Gasteiger partial charge in [-0.05, 0) is 17.7 Å². The summed E-state index contributed by atoms with van der Waals surface area (Å²) in [6.07, 6.45) is 1.66. The van der Waals surface area contributed by atoms with Crippen molar-refractivity contribution in [3.63, 3.8) is 0 Å².